The smallest absolute Gasteiger partial charge is 0.0591 e. The summed E-state index contributed by atoms with van der Waals surface area (Å²) in [7, 11) is 0. The fourth-order valence-corrected chi connectivity index (χ4v) is 20.8. The van der Waals surface area contributed by atoms with Crippen LogP contribution in [0.3, 0.4) is 0 Å². The van der Waals surface area contributed by atoms with E-state index in [1.165, 1.54) is 9.79 Å². The fourth-order valence-electron chi connectivity index (χ4n) is 8.76. The second-order valence-electron chi connectivity index (χ2n) is 18.8. The molecule has 0 spiro atoms. The average molecular weight is 1290 g/mol. The number of rotatable bonds is 23. The lowest BCUT2D eigenvalue weighted by atomic mass is 10.2. The van der Waals surface area contributed by atoms with Gasteiger partial charge in [-0.15, -0.1) is 0 Å². The molecule has 0 atom stereocenters. The monoisotopic (exact) mass is 1290 g/mol. The molecule has 12 heteroatoms. The third kappa shape index (κ3) is 16.0. The van der Waals surface area contributed by atoms with Gasteiger partial charge in [0.25, 0.3) is 0 Å². The molecular weight excluding hydrogens is 1240 g/mol. The average Bonchev–Trinajstić information content (AvgIpc) is 1.41. The maximum Gasteiger partial charge on any atom is 0.0591 e. The Labute approximate surface area is 547 Å². The summed E-state index contributed by atoms with van der Waals surface area (Å²) in [6.45, 7) is 0. The van der Waals surface area contributed by atoms with Gasteiger partial charge >= 0.3 is 0 Å². The van der Waals surface area contributed by atoms with Crippen molar-refractivity contribution in [3.63, 3.8) is 0 Å². The summed E-state index contributed by atoms with van der Waals surface area (Å²) in [5.74, 6) is 0. The Bertz CT molecular complexity index is 3680. The van der Waals surface area contributed by atoms with Crippen LogP contribution >= 0.6 is 118 Å². The molecule has 12 rings (SSSR count). The lowest BCUT2D eigenvalue weighted by molar-refractivity contribution is 0.945. The Morgan fingerprint density at radius 1 is 0.151 bits per heavy atom. The van der Waals surface area contributed by atoms with Gasteiger partial charge in [0, 0.05) is 109 Å². The lowest BCUT2D eigenvalue weighted by Crippen LogP contribution is -2.01. The molecule has 418 valence electrons. The molecule has 12 aromatic carbocycles. The topological polar surface area (TPSA) is 24.7 Å². The Hall–Kier alpha value is -6.52. The molecule has 0 aliphatic heterocycles. The highest BCUT2D eigenvalue weighted by Gasteiger charge is 2.30. The van der Waals surface area contributed by atoms with Crippen molar-refractivity contribution in [2.75, 3.05) is 0 Å². The summed E-state index contributed by atoms with van der Waals surface area (Å²) >= 11 is 18.0. The van der Waals surface area contributed by atoms with Crippen molar-refractivity contribution in [3.05, 3.63) is 314 Å². The molecule has 12 aromatic rings. The Balaban J connectivity index is 1.14. The third-order valence-corrected chi connectivity index (χ3v) is 25.0. The van der Waals surface area contributed by atoms with E-state index >= 15 is 0 Å². The molecule has 0 radical (unpaired) electrons. The molecule has 0 saturated heterocycles. The first-order chi connectivity index (χ1) is 42.6. The molecular formula is C74H52N2S10. The summed E-state index contributed by atoms with van der Waals surface area (Å²) in [6.07, 6.45) is 4.06. The van der Waals surface area contributed by atoms with Crippen molar-refractivity contribution in [2.45, 2.75) is 97.9 Å². The van der Waals surface area contributed by atoms with Crippen LogP contribution < -0.4 is 0 Å². The van der Waals surface area contributed by atoms with Crippen molar-refractivity contribution in [3.8, 4) is 0 Å². The van der Waals surface area contributed by atoms with Crippen LogP contribution in [0.1, 0.15) is 11.1 Å². The predicted octanol–water partition coefficient (Wildman–Crippen LogP) is 24.7. The van der Waals surface area contributed by atoms with E-state index in [1.807, 2.05) is 36.0 Å². The highest BCUT2D eigenvalue weighted by atomic mass is 32.2. The second-order valence-corrected chi connectivity index (χ2v) is 29.6. The highest BCUT2D eigenvalue weighted by molar-refractivity contribution is 8.06. The van der Waals surface area contributed by atoms with Crippen LogP contribution in [0.2, 0.25) is 0 Å². The maximum absolute atomic E-state index is 5.32. The molecule has 0 bridgehead atoms. The summed E-state index contributed by atoms with van der Waals surface area (Å²) in [4.78, 5) is 22.8. The molecule has 0 heterocycles. The minimum atomic E-state index is 0.993. The van der Waals surface area contributed by atoms with E-state index in [0.29, 0.717) is 0 Å². The van der Waals surface area contributed by atoms with Crippen LogP contribution in [0.4, 0.5) is 0 Å². The lowest BCUT2D eigenvalue weighted by Gasteiger charge is -2.24. The van der Waals surface area contributed by atoms with E-state index in [0.717, 1.165) is 99.2 Å². The van der Waals surface area contributed by atoms with Gasteiger partial charge in [-0.1, -0.05) is 300 Å². The minimum absolute atomic E-state index is 0.993. The molecule has 0 unspecified atom stereocenters. The molecule has 0 N–H and O–H groups in total. The van der Waals surface area contributed by atoms with E-state index in [4.69, 9.17) is 10.2 Å². The van der Waals surface area contributed by atoms with E-state index in [1.54, 1.807) is 94.1 Å². The first-order valence-electron chi connectivity index (χ1n) is 27.5. The predicted molar refractivity (Wildman–Crippen MR) is 374 cm³/mol. The normalized spacial score (nSPS) is 11.4. The molecule has 0 amide bonds. The Morgan fingerprint density at radius 3 is 0.407 bits per heavy atom. The summed E-state index contributed by atoms with van der Waals surface area (Å²) < 4.78 is 0. The molecule has 0 saturated carbocycles. The van der Waals surface area contributed by atoms with Gasteiger partial charge in [0.15, 0.2) is 0 Å². The number of benzene rings is 12. The minimum Gasteiger partial charge on any atom is -0.158 e. The van der Waals surface area contributed by atoms with Crippen LogP contribution in [-0.4, -0.2) is 12.4 Å². The summed E-state index contributed by atoms with van der Waals surface area (Å²) in [6, 6.07) is 108. The second kappa shape index (κ2) is 30.9. The first kappa shape index (κ1) is 59.8. The Morgan fingerprint density at radius 2 is 0.267 bits per heavy atom. The van der Waals surface area contributed by atoms with Gasteiger partial charge in [0.2, 0.25) is 0 Å². The van der Waals surface area contributed by atoms with E-state index < -0.39 is 0 Å². The largest absolute Gasteiger partial charge is 0.158 e. The van der Waals surface area contributed by atoms with Gasteiger partial charge < -0.3 is 0 Å². The van der Waals surface area contributed by atoms with Crippen LogP contribution in [0.25, 0.3) is 0 Å². The maximum atomic E-state index is 5.32. The molecule has 0 fully saturated rings. The number of nitrogens with zero attached hydrogens (tertiary/aromatic N) is 2. The quantitative estimate of drug-likeness (QED) is 0.0455. The van der Waals surface area contributed by atoms with Gasteiger partial charge in [-0.2, -0.15) is 10.2 Å². The van der Waals surface area contributed by atoms with Gasteiger partial charge in [-0.25, -0.2) is 0 Å². The Kier molecular flexibility index (Phi) is 21.5. The standard InChI is InChI=1S/C74H52N2S10/c1-11-31-53(32-12-1)77-65-63(66(78-54-33-13-2-14-34-54)70(82-58-41-21-6-22-42-58)73(85-61-47-27-9-28-48-61)69(65)81-57-39-19-5-20-40-57)51-75-76-52-64-67(79-55-35-15-3-16-36-55)71(83-59-43-23-7-24-44-59)74(86-62-49-29-10-30-50-62)72(84-60-45-25-8-26-46-60)68(64)80-56-37-17-4-18-38-56/h1-52H/b75-51+,76-52+. The van der Waals surface area contributed by atoms with Crippen LogP contribution in [0, 0.1) is 0 Å². The first-order valence-corrected chi connectivity index (χ1v) is 35.6. The molecule has 2 nitrogen and oxygen atoms in total. The SMILES string of the molecule is C(=N\N=C\c1c(Sc2ccccc2)c(Sc2ccccc2)c(Sc2ccccc2)c(Sc2ccccc2)c1Sc1ccccc1)/c1c(Sc2ccccc2)c(Sc2ccccc2)c(Sc2ccccc2)c(Sc2ccccc2)c1Sc1ccccc1. The van der Waals surface area contributed by atoms with Gasteiger partial charge in [0.05, 0.1) is 12.4 Å². The summed E-state index contributed by atoms with van der Waals surface area (Å²) in [5.41, 5.74) is 1.99. The third-order valence-electron chi connectivity index (χ3n) is 12.7. The number of hydrogen-bond donors (Lipinski definition) is 0. The molecule has 86 heavy (non-hydrogen) atoms. The van der Waals surface area contributed by atoms with E-state index in [9.17, 15) is 0 Å². The van der Waals surface area contributed by atoms with Crippen molar-refractivity contribution in [1.29, 1.82) is 0 Å². The van der Waals surface area contributed by atoms with Crippen molar-refractivity contribution < 1.29 is 0 Å². The molecule has 0 aliphatic carbocycles. The van der Waals surface area contributed by atoms with Crippen molar-refractivity contribution in [1.82, 2.24) is 0 Å². The van der Waals surface area contributed by atoms with E-state index in [2.05, 4.69) is 303 Å². The highest BCUT2D eigenvalue weighted by Crippen LogP contribution is 2.58. The van der Waals surface area contributed by atoms with Crippen LogP contribution in [0.15, 0.2) is 411 Å². The molecule has 0 aliphatic rings. The summed E-state index contributed by atoms with van der Waals surface area (Å²) in [5, 5.41) is 10.6. The van der Waals surface area contributed by atoms with Gasteiger partial charge in [-0.3, -0.25) is 0 Å². The molecule has 0 aromatic heterocycles. The van der Waals surface area contributed by atoms with Crippen LogP contribution in [-0.2, 0) is 0 Å². The van der Waals surface area contributed by atoms with Crippen LogP contribution in [0.5, 0.6) is 0 Å². The van der Waals surface area contributed by atoms with E-state index in [-0.39, 0.29) is 0 Å². The zero-order valence-electron chi connectivity index (χ0n) is 46.0. The number of hydrogen-bond acceptors (Lipinski definition) is 12. The van der Waals surface area contributed by atoms with Crippen molar-refractivity contribution in [2.24, 2.45) is 10.2 Å². The van der Waals surface area contributed by atoms with Gasteiger partial charge in [-0.05, 0) is 121 Å². The fraction of sp³-hybridized carbons (Fsp3) is 0. The van der Waals surface area contributed by atoms with Gasteiger partial charge in [0.1, 0.15) is 0 Å². The zero-order valence-corrected chi connectivity index (χ0v) is 54.2. The van der Waals surface area contributed by atoms with Crippen molar-refractivity contribution >= 4 is 130 Å². The zero-order chi connectivity index (χ0) is 58.0.